The van der Waals surface area contributed by atoms with E-state index in [1.165, 1.54) is 11.8 Å². The summed E-state index contributed by atoms with van der Waals surface area (Å²) in [5, 5.41) is 7.58. The zero-order valence-corrected chi connectivity index (χ0v) is 19.0. The van der Waals surface area contributed by atoms with Crippen LogP contribution in [0.5, 0.6) is 0 Å². The van der Waals surface area contributed by atoms with E-state index < -0.39 is 9.84 Å². The number of halogens is 1. The maximum atomic E-state index is 12.9. The second kappa shape index (κ2) is 8.96. The van der Waals surface area contributed by atoms with Crippen molar-refractivity contribution in [2.45, 2.75) is 43.9 Å². The molecule has 1 aliphatic rings. The summed E-state index contributed by atoms with van der Waals surface area (Å²) in [7, 11) is -3.05. The highest BCUT2D eigenvalue weighted by atomic mass is 79.9. The molecule has 152 valence electrons. The Labute approximate surface area is 177 Å². The van der Waals surface area contributed by atoms with Gasteiger partial charge in [0.05, 0.1) is 17.3 Å². The predicted molar refractivity (Wildman–Crippen MR) is 114 cm³/mol. The Balaban J connectivity index is 1.67. The molecule has 1 aromatic heterocycles. The van der Waals surface area contributed by atoms with Crippen molar-refractivity contribution in [2.75, 3.05) is 17.3 Å². The van der Waals surface area contributed by atoms with E-state index in [4.69, 9.17) is 0 Å². The number of benzene rings is 1. The van der Waals surface area contributed by atoms with Crippen molar-refractivity contribution < 1.29 is 13.2 Å². The lowest BCUT2D eigenvalue weighted by atomic mass is 10.1. The summed E-state index contributed by atoms with van der Waals surface area (Å²) in [6.45, 7) is 3.96. The summed E-state index contributed by atoms with van der Waals surface area (Å²) in [5.41, 5.74) is 0.894. The highest BCUT2D eigenvalue weighted by Crippen LogP contribution is 2.27. The average Bonchev–Trinajstić information content (AvgIpc) is 3.26. The van der Waals surface area contributed by atoms with Gasteiger partial charge < -0.3 is 4.90 Å². The van der Waals surface area contributed by atoms with Gasteiger partial charge in [-0.15, -0.1) is 5.10 Å². The van der Waals surface area contributed by atoms with E-state index in [2.05, 4.69) is 31.1 Å². The molecule has 10 heteroatoms. The van der Waals surface area contributed by atoms with Crippen LogP contribution in [0.2, 0.25) is 0 Å². The molecule has 7 nitrogen and oxygen atoms in total. The molecule has 1 N–H and O–H groups in total. The van der Waals surface area contributed by atoms with Gasteiger partial charge in [-0.1, -0.05) is 52.8 Å². The summed E-state index contributed by atoms with van der Waals surface area (Å²) in [6.07, 6.45) is 1.29. The second-order valence-corrected chi connectivity index (χ2v) is 10.9. The summed E-state index contributed by atoms with van der Waals surface area (Å²) >= 11 is 4.75. The van der Waals surface area contributed by atoms with Gasteiger partial charge in [0.2, 0.25) is 11.1 Å². The Morgan fingerprint density at radius 2 is 2.18 bits per heavy atom. The fraction of sp³-hybridized carbons (Fsp3) is 0.500. The zero-order valence-electron chi connectivity index (χ0n) is 15.8. The van der Waals surface area contributed by atoms with Crippen molar-refractivity contribution in [3.8, 4) is 11.4 Å². The van der Waals surface area contributed by atoms with Crippen LogP contribution in [0.4, 0.5) is 0 Å². The predicted octanol–water partition coefficient (Wildman–Crippen LogP) is 3.14. The zero-order chi connectivity index (χ0) is 20.3. The van der Waals surface area contributed by atoms with Crippen molar-refractivity contribution in [2.24, 2.45) is 0 Å². The van der Waals surface area contributed by atoms with Crippen molar-refractivity contribution in [1.82, 2.24) is 20.1 Å². The van der Waals surface area contributed by atoms with Crippen molar-refractivity contribution in [3.05, 3.63) is 28.7 Å². The first-order chi connectivity index (χ1) is 13.3. The normalized spacial score (nSPS) is 19.5. The number of H-pyrrole nitrogens is 1. The van der Waals surface area contributed by atoms with Crippen LogP contribution >= 0.6 is 27.7 Å². The molecule has 2 aromatic rings. The van der Waals surface area contributed by atoms with Gasteiger partial charge in [-0.25, -0.2) is 13.4 Å². The van der Waals surface area contributed by atoms with Gasteiger partial charge >= 0.3 is 0 Å². The maximum absolute atomic E-state index is 12.9. The molecule has 0 spiro atoms. The molecule has 1 aromatic carbocycles. The first-order valence-electron chi connectivity index (χ1n) is 9.12. The third-order valence-electron chi connectivity index (χ3n) is 4.87. The molecule has 2 atom stereocenters. The number of carbonyl (C=O) groups is 1. The minimum atomic E-state index is -3.05. The van der Waals surface area contributed by atoms with Crippen LogP contribution in [-0.2, 0) is 14.6 Å². The Bertz CT molecular complexity index is 948. The van der Waals surface area contributed by atoms with Gasteiger partial charge in [-0.05, 0) is 25.8 Å². The van der Waals surface area contributed by atoms with E-state index in [0.29, 0.717) is 17.4 Å². The van der Waals surface area contributed by atoms with Gasteiger partial charge in [-0.3, -0.25) is 9.89 Å². The van der Waals surface area contributed by atoms with E-state index >= 15 is 0 Å². The quantitative estimate of drug-likeness (QED) is 0.603. The fourth-order valence-corrected chi connectivity index (χ4v) is 6.14. The molecule has 0 saturated carbocycles. The summed E-state index contributed by atoms with van der Waals surface area (Å²) in [6, 6.07) is 7.44. The Morgan fingerprint density at radius 1 is 1.43 bits per heavy atom. The number of aromatic nitrogens is 3. The fourth-order valence-electron chi connectivity index (χ4n) is 3.29. The van der Waals surface area contributed by atoms with Gasteiger partial charge in [-0.2, -0.15) is 0 Å². The van der Waals surface area contributed by atoms with Crippen molar-refractivity contribution in [3.63, 3.8) is 0 Å². The minimum absolute atomic E-state index is 0.00521. The number of carbonyl (C=O) groups excluding carboxylic acids is 1. The molecule has 0 bridgehead atoms. The van der Waals surface area contributed by atoms with Crippen LogP contribution in [0.1, 0.15) is 26.7 Å². The van der Waals surface area contributed by atoms with Crippen LogP contribution in [0.25, 0.3) is 11.4 Å². The molecule has 1 aliphatic heterocycles. The van der Waals surface area contributed by atoms with Crippen LogP contribution in [0, 0.1) is 0 Å². The van der Waals surface area contributed by atoms with Crippen LogP contribution in [0.15, 0.2) is 33.9 Å². The van der Waals surface area contributed by atoms with E-state index in [0.717, 1.165) is 16.5 Å². The van der Waals surface area contributed by atoms with Crippen molar-refractivity contribution in [1.29, 1.82) is 0 Å². The van der Waals surface area contributed by atoms with Crippen LogP contribution in [-0.4, -0.2) is 63.7 Å². The topological polar surface area (TPSA) is 96.0 Å². The number of amides is 1. The summed E-state index contributed by atoms with van der Waals surface area (Å²) in [5.74, 6) is 0.937. The molecular weight excluding hydrogens is 464 g/mol. The highest BCUT2D eigenvalue weighted by Gasteiger charge is 2.36. The van der Waals surface area contributed by atoms with Gasteiger partial charge in [0.15, 0.2) is 15.7 Å². The lowest BCUT2D eigenvalue weighted by molar-refractivity contribution is -0.132. The first-order valence-corrected chi connectivity index (χ1v) is 12.7. The molecular formula is C18H23BrN4O3S2. The number of hydrogen-bond donors (Lipinski definition) is 1. The molecule has 0 aliphatic carbocycles. The third kappa shape index (κ3) is 4.96. The molecule has 1 fully saturated rings. The van der Waals surface area contributed by atoms with Crippen molar-refractivity contribution >= 4 is 43.4 Å². The minimum Gasteiger partial charge on any atom is -0.335 e. The van der Waals surface area contributed by atoms with Gasteiger partial charge in [0, 0.05) is 22.1 Å². The standard InChI is InChI=1S/C18H23BrN4O3S2/c1-3-12(2)23(13-8-9-28(25,26)11-13)16(24)10-27-18-20-17(21-22-18)14-6-4-5-7-15(14)19/h4-7,12-13H,3,8-11H2,1-2H3,(H,20,21,22)/t12-,13+/m1/s1. The smallest absolute Gasteiger partial charge is 0.233 e. The molecule has 3 rings (SSSR count). The number of hydrogen-bond acceptors (Lipinski definition) is 6. The van der Waals surface area contributed by atoms with Gasteiger partial charge in [0.25, 0.3) is 0 Å². The number of nitrogens with zero attached hydrogens (tertiary/aromatic N) is 3. The molecule has 1 saturated heterocycles. The van der Waals surface area contributed by atoms with E-state index in [9.17, 15) is 13.2 Å². The SMILES string of the molecule is CC[C@@H](C)N(C(=O)CSc1n[nH]c(-c2ccccc2Br)n1)[C@H]1CCS(=O)(=O)C1. The largest absolute Gasteiger partial charge is 0.335 e. The summed E-state index contributed by atoms with van der Waals surface area (Å²) in [4.78, 5) is 19.1. The number of aromatic amines is 1. The molecule has 28 heavy (non-hydrogen) atoms. The first kappa shape index (κ1) is 21.3. The lowest BCUT2D eigenvalue weighted by Crippen LogP contribution is -2.47. The molecule has 1 amide bonds. The van der Waals surface area contributed by atoms with Crippen LogP contribution < -0.4 is 0 Å². The summed E-state index contributed by atoms with van der Waals surface area (Å²) < 4.78 is 24.6. The number of nitrogens with one attached hydrogen (secondary N) is 1. The molecule has 2 heterocycles. The Kier molecular flexibility index (Phi) is 6.82. The molecule has 0 unspecified atom stereocenters. The monoisotopic (exact) mass is 486 g/mol. The van der Waals surface area contributed by atoms with E-state index in [-0.39, 0.29) is 35.2 Å². The maximum Gasteiger partial charge on any atom is 0.233 e. The second-order valence-electron chi connectivity index (χ2n) is 6.85. The highest BCUT2D eigenvalue weighted by molar-refractivity contribution is 9.10. The average molecular weight is 487 g/mol. The van der Waals surface area contributed by atoms with E-state index in [1.54, 1.807) is 4.90 Å². The Morgan fingerprint density at radius 3 is 2.82 bits per heavy atom. The Hall–Kier alpha value is -1.39. The number of sulfone groups is 1. The lowest BCUT2D eigenvalue weighted by Gasteiger charge is -2.33. The van der Waals surface area contributed by atoms with E-state index in [1.807, 2.05) is 38.1 Å². The third-order valence-corrected chi connectivity index (χ3v) is 8.15. The number of rotatable bonds is 7. The molecule has 0 radical (unpaired) electrons. The van der Waals surface area contributed by atoms with Crippen LogP contribution in [0.3, 0.4) is 0 Å². The number of thioether (sulfide) groups is 1. The van der Waals surface area contributed by atoms with Gasteiger partial charge in [0.1, 0.15) is 0 Å².